The van der Waals surface area contributed by atoms with Crippen molar-refractivity contribution in [3.8, 4) is 11.5 Å². The van der Waals surface area contributed by atoms with E-state index in [9.17, 15) is 4.79 Å². The zero-order chi connectivity index (χ0) is 22.3. The van der Waals surface area contributed by atoms with Gasteiger partial charge >= 0.3 is 0 Å². The Morgan fingerprint density at radius 3 is 2.69 bits per heavy atom. The molecule has 4 rings (SSSR count). The summed E-state index contributed by atoms with van der Waals surface area (Å²) >= 11 is 0. The molecule has 2 N–H and O–H groups in total. The third kappa shape index (κ3) is 4.84. The van der Waals surface area contributed by atoms with Crippen molar-refractivity contribution in [1.82, 2.24) is 15.6 Å². The second-order valence-electron chi connectivity index (χ2n) is 7.61. The SMILES string of the molecule is COc1ccc(CNC(=O)c2cccnc2N2CCNC(c3ccccc3)C2)cc1OC. The lowest BCUT2D eigenvalue weighted by Crippen LogP contribution is -2.46. The lowest BCUT2D eigenvalue weighted by atomic mass is 10.0. The van der Waals surface area contributed by atoms with E-state index in [2.05, 4.69) is 32.7 Å². The summed E-state index contributed by atoms with van der Waals surface area (Å²) in [5.41, 5.74) is 2.72. The number of carbonyl (C=O) groups excluding carboxylic acids is 1. The fourth-order valence-corrected chi connectivity index (χ4v) is 3.95. The van der Waals surface area contributed by atoms with E-state index < -0.39 is 0 Å². The second-order valence-corrected chi connectivity index (χ2v) is 7.61. The van der Waals surface area contributed by atoms with Gasteiger partial charge in [-0.25, -0.2) is 4.98 Å². The van der Waals surface area contributed by atoms with Gasteiger partial charge in [-0.1, -0.05) is 36.4 Å². The first-order valence-electron chi connectivity index (χ1n) is 10.7. The Hall–Kier alpha value is -3.58. The van der Waals surface area contributed by atoms with Crippen LogP contribution in [0.5, 0.6) is 11.5 Å². The van der Waals surface area contributed by atoms with Crippen molar-refractivity contribution in [2.24, 2.45) is 0 Å². The Morgan fingerprint density at radius 1 is 1.09 bits per heavy atom. The van der Waals surface area contributed by atoms with E-state index in [0.717, 1.165) is 25.2 Å². The van der Waals surface area contributed by atoms with Gasteiger partial charge in [0.05, 0.1) is 19.8 Å². The van der Waals surface area contributed by atoms with E-state index in [1.54, 1.807) is 26.5 Å². The third-order valence-electron chi connectivity index (χ3n) is 5.61. The van der Waals surface area contributed by atoms with Gasteiger partial charge in [0.2, 0.25) is 0 Å². The minimum atomic E-state index is -0.155. The summed E-state index contributed by atoms with van der Waals surface area (Å²) in [5.74, 6) is 1.84. The zero-order valence-electron chi connectivity index (χ0n) is 18.4. The van der Waals surface area contributed by atoms with Crippen molar-refractivity contribution >= 4 is 11.7 Å². The molecule has 0 radical (unpaired) electrons. The molecule has 0 bridgehead atoms. The second kappa shape index (κ2) is 10.2. The van der Waals surface area contributed by atoms with Gasteiger partial charge < -0.3 is 25.0 Å². The predicted molar refractivity (Wildman–Crippen MR) is 124 cm³/mol. The molecule has 1 aliphatic rings. The highest BCUT2D eigenvalue weighted by atomic mass is 16.5. The number of piperazine rings is 1. The summed E-state index contributed by atoms with van der Waals surface area (Å²) in [6.07, 6.45) is 1.74. The Morgan fingerprint density at radius 2 is 1.91 bits per heavy atom. The summed E-state index contributed by atoms with van der Waals surface area (Å²) < 4.78 is 10.6. The lowest BCUT2D eigenvalue weighted by Gasteiger charge is -2.35. The van der Waals surface area contributed by atoms with Crippen LogP contribution in [0.4, 0.5) is 5.82 Å². The molecule has 1 aromatic heterocycles. The van der Waals surface area contributed by atoms with Crippen molar-refractivity contribution in [2.45, 2.75) is 12.6 Å². The molecule has 32 heavy (non-hydrogen) atoms. The van der Waals surface area contributed by atoms with Crippen LogP contribution in [0, 0.1) is 0 Å². The Labute approximate surface area is 188 Å². The number of hydrogen-bond acceptors (Lipinski definition) is 6. The molecule has 3 aromatic rings. The van der Waals surface area contributed by atoms with Crippen molar-refractivity contribution in [2.75, 3.05) is 38.8 Å². The average Bonchev–Trinajstić information content (AvgIpc) is 2.87. The van der Waals surface area contributed by atoms with Crippen LogP contribution in [0.25, 0.3) is 0 Å². The number of nitrogens with one attached hydrogen (secondary N) is 2. The van der Waals surface area contributed by atoms with Gasteiger partial charge in [0, 0.05) is 38.4 Å². The lowest BCUT2D eigenvalue weighted by molar-refractivity contribution is 0.0951. The van der Waals surface area contributed by atoms with Crippen LogP contribution in [0.2, 0.25) is 0 Å². The molecule has 7 nitrogen and oxygen atoms in total. The largest absolute Gasteiger partial charge is 0.493 e. The smallest absolute Gasteiger partial charge is 0.255 e. The summed E-state index contributed by atoms with van der Waals surface area (Å²) in [5, 5.41) is 6.57. The number of methoxy groups -OCH3 is 2. The van der Waals surface area contributed by atoms with Crippen molar-refractivity contribution < 1.29 is 14.3 Å². The van der Waals surface area contributed by atoms with E-state index in [1.807, 2.05) is 42.5 Å². The van der Waals surface area contributed by atoms with Gasteiger partial charge in [-0.2, -0.15) is 0 Å². The zero-order valence-corrected chi connectivity index (χ0v) is 18.4. The topological polar surface area (TPSA) is 75.7 Å². The van der Waals surface area contributed by atoms with Crippen LogP contribution in [0.15, 0.2) is 66.9 Å². The first-order chi connectivity index (χ1) is 15.7. The average molecular weight is 433 g/mol. The molecule has 2 heterocycles. The van der Waals surface area contributed by atoms with Gasteiger partial charge in [-0.3, -0.25) is 4.79 Å². The van der Waals surface area contributed by atoms with Crippen molar-refractivity contribution in [3.05, 3.63) is 83.6 Å². The molecule has 1 atom stereocenters. The summed E-state index contributed by atoms with van der Waals surface area (Å²) in [6.45, 7) is 2.73. The highest BCUT2D eigenvalue weighted by Gasteiger charge is 2.25. The first kappa shape index (κ1) is 21.6. The number of nitrogens with zero attached hydrogens (tertiary/aromatic N) is 2. The fourth-order valence-electron chi connectivity index (χ4n) is 3.95. The number of amides is 1. The quantitative estimate of drug-likeness (QED) is 0.597. The molecule has 7 heteroatoms. The fraction of sp³-hybridized carbons (Fsp3) is 0.280. The molecular formula is C25H28N4O3. The summed E-state index contributed by atoms with van der Waals surface area (Å²) in [6, 6.07) is 19.8. The maximum atomic E-state index is 13.1. The van der Waals surface area contributed by atoms with Gasteiger partial charge in [0.1, 0.15) is 5.82 Å². The standard InChI is InChI=1S/C25H28N4O3/c1-31-22-11-10-18(15-23(22)32-2)16-28-25(30)20-9-6-12-27-24(20)29-14-13-26-21(17-29)19-7-4-3-5-8-19/h3-12,15,21,26H,13-14,16-17H2,1-2H3,(H,28,30). The predicted octanol–water partition coefficient (Wildman–Crippen LogP) is 3.18. The number of aromatic nitrogens is 1. The van der Waals surface area contributed by atoms with E-state index in [-0.39, 0.29) is 11.9 Å². The Bertz CT molecular complexity index is 1060. The van der Waals surface area contributed by atoms with Crippen molar-refractivity contribution in [1.29, 1.82) is 0 Å². The molecule has 2 aromatic carbocycles. The molecular weight excluding hydrogens is 404 g/mol. The molecule has 0 saturated carbocycles. The monoisotopic (exact) mass is 432 g/mol. The Balaban J connectivity index is 1.47. The minimum Gasteiger partial charge on any atom is -0.493 e. The van der Waals surface area contributed by atoms with Gasteiger partial charge in [-0.15, -0.1) is 0 Å². The van der Waals surface area contributed by atoms with Crippen LogP contribution in [-0.2, 0) is 6.54 Å². The molecule has 1 unspecified atom stereocenters. The number of benzene rings is 2. The summed E-state index contributed by atoms with van der Waals surface area (Å²) in [7, 11) is 3.19. The normalized spacial score (nSPS) is 15.8. The number of anilines is 1. The van der Waals surface area contributed by atoms with Crippen LogP contribution in [0.1, 0.15) is 27.5 Å². The number of rotatable bonds is 7. The molecule has 166 valence electrons. The molecule has 1 amide bonds. The van der Waals surface area contributed by atoms with Gasteiger partial charge in [-0.05, 0) is 35.4 Å². The number of ether oxygens (including phenoxy) is 2. The highest BCUT2D eigenvalue weighted by Crippen LogP contribution is 2.28. The van der Waals surface area contributed by atoms with Gasteiger partial charge in [0.25, 0.3) is 5.91 Å². The van der Waals surface area contributed by atoms with Gasteiger partial charge in [0.15, 0.2) is 11.5 Å². The van der Waals surface area contributed by atoms with Crippen LogP contribution in [-0.4, -0.2) is 44.7 Å². The van der Waals surface area contributed by atoms with Crippen LogP contribution >= 0.6 is 0 Å². The molecule has 0 aliphatic carbocycles. The summed E-state index contributed by atoms with van der Waals surface area (Å²) in [4.78, 5) is 19.8. The van der Waals surface area contributed by atoms with E-state index >= 15 is 0 Å². The molecule has 1 aliphatic heterocycles. The number of pyridine rings is 1. The molecule has 0 spiro atoms. The van der Waals surface area contributed by atoms with Crippen LogP contribution in [0.3, 0.4) is 0 Å². The Kier molecular flexibility index (Phi) is 6.87. The van der Waals surface area contributed by atoms with E-state index in [4.69, 9.17) is 9.47 Å². The maximum Gasteiger partial charge on any atom is 0.255 e. The number of carbonyl (C=O) groups is 1. The maximum absolute atomic E-state index is 13.1. The number of hydrogen-bond donors (Lipinski definition) is 2. The molecule has 1 saturated heterocycles. The van der Waals surface area contributed by atoms with E-state index in [1.165, 1.54) is 5.56 Å². The highest BCUT2D eigenvalue weighted by molar-refractivity contribution is 5.98. The molecule has 1 fully saturated rings. The minimum absolute atomic E-state index is 0.155. The van der Waals surface area contributed by atoms with Crippen molar-refractivity contribution in [3.63, 3.8) is 0 Å². The van der Waals surface area contributed by atoms with Crippen LogP contribution < -0.4 is 25.0 Å². The third-order valence-corrected chi connectivity index (χ3v) is 5.61. The van der Waals surface area contributed by atoms with E-state index in [0.29, 0.717) is 29.4 Å². The first-order valence-corrected chi connectivity index (χ1v) is 10.7.